The highest BCUT2D eigenvalue weighted by Crippen LogP contribution is 2.40. The first-order chi connectivity index (χ1) is 13.2. The molecule has 0 unspecified atom stereocenters. The van der Waals surface area contributed by atoms with E-state index in [1.807, 2.05) is 35.0 Å². The van der Waals surface area contributed by atoms with Crippen LogP contribution < -0.4 is 14.2 Å². The lowest BCUT2D eigenvalue weighted by Gasteiger charge is -2.16. The summed E-state index contributed by atoms with van der Waals surface area (Å²) in [5.74, 6) is 2.61. The predicted molar refractivity (Wildman–Crippen MR) is 106 cm³/mol. The maximum Gasteiger partial charge on any atom is 0.203 e. The lowest BCUT2D eigenvalue weighted by Crippen LogP contribution is -2.01. The van der Waals surface area contributed by atoms with Gasteiger partial charge in [0.15, 0.2) is 11.5 Å². The smallest absolute Gasteiger partial charge is 0.203 e. The van der Waals surface area contributed by atoms with Crippen molar-refractivity contribution in [3.8, 4) is 34.3 Å². The molecule has 0 aliphatic heterocycles. The van der Waals surface area contributed by atoms with E-state index < -0.39 is 0 Å². The van der Waals surface area contributed by atoms with Crippen LogP contribution in [0, 0.1) is 0 Å². The van der Waals surface area contributed by atoms with Crippen molar-refractivity contribution in [1.82, 2.24) is 9.55 Å². The molecule has 1 heterocycles. The molecule has 0 aliphatic rings. The van der Waals surface area contributed by atoms with Crippen LogP contribution in [0.25, 0.3) is 27.8 Å². The van der Waals surface area contributed by atoms with Gasteiger partial charge in [0.1, 0.15) is 5.82 Å². The van der Waals surface area contributed by atoms with E-state index in [9.17, 15) is 0 Å². The highest BCUT2D eigenvalue weighted by atomic mass is 16.5. The van der Waals surface area contributed by atoms with E-state index in [0.29, 0.717) is 17.2 Å². The van der Waals surface area contributed by atoms with Crippen LogP contribution in [-0.2, 0) is 0 Å². The number of aromatic nitrogens is 2. The van der Waals surface area contributed by atoms with E-state index in [1.54, 1.807) is 27.5 Å². The molecule has 0 aliphatic carbocycles. The lowest BCUT2D eigenvalue weighted by atomic mass is 10.1. The topological polar surface area (TPSA) is 45.5 Å². The molecule has 0 saturated heterocycles. The summed E-state index contributed by atoms with van der Waals surface area (Å²) in [7, 11) is 4.82. The fourth-order valence-electron chi connectivity index (χ4n) is 3.26. The number of methoxy groups -OCH3 is 3. The minimum Gasteiger partial charge on any atom is -0.493 e. The van der Waals surface area contributed by atoms with Crippen LogP contribution in [0.2, 0.25) is 0 Å². The van der Waals surface area contributed by atoms with Crippen LogP contribution in [-0.4, -0.2) is 30.9 Å². The summed E-state index contributed by atoms with van der Waals surface area (Å²) < 4.78 is 18.4. The van der Waals surface area contributed by atoms with Crippen LogP contribution in [0.15, 0.2) is 67.0 Å². The van der Waals surface area contributed by atoms with E-state index in [1.165, 1.54) is 10.8 Å². The van der Waals surface area contributed by atoms with Crippen LogP contribution in [0.5, 0.6) is 17.2 Å². The second-order valence-corrected chi connectivity index (χ2v) is 6.07. The average Bonchev–Trinajstić information content (AvgIpc) is 3.22. The Labute approximate surface area is 157 Å². The highest BCUT2D eigenvalue weighted by Gasteiger charge is 2.16. The Balaban J connectivity index is 1.86. The number of imidazole rings is 1. The normalized spacial score (nSPS) is 10.8. The van der Waals surface area contributed by atoms with Gasteiger partial charge in [0.25, 0.3) is 0 Å². The summed E-state index contributed by atoms with van der Waals surface area (Å²) in [6.45, 7) is 0. The molecule has 0 radical (unpaired) electrons. The van der Waals surface area contributed by atoms with Gasteiger partial charge in [0.05, 0.1) is 27.0 Å². The van der Waals surface area contributed by atoms with E-state index in [-0.39, 0.29) is 0 Å². The molecule has 3 aromatic carbocycles. The largest absolute Gasteiger partial charge is 0.493 e. The zero-order valence-electron chi connectivity index (χ0n) is 15.5. The van der Waals surface area contributed by atoms with Gasteiger partial charge in [-0.2, -0.15) is 0 Å². The molecule has 5 nitrogen and oxygen atoms in total. The van der Waals surface area contributed by atoms with E-state index in [4.69, 9.17) is 14.2 Å². The first-order valence-electron chi connectivity index (χ1n) is 8.58. The van der Waals surface area contributed by atoms with Gasteiger partial charge in [-0.25, -0.2) is 4.98 Å². The first-order valence-corrected chi connectivity index (χ1v) is 8.58. The first kappa shape index (κ1) is 17.0. The molecule has 0 atom stereocenters. The third-order valence-corrected chi connectivity index (χ3v) is 4.58. The predicted octanol–water partition coefficient (Wildman–Crippen LogP) is 4.72. The minimum absolute atomic E-state index is 0.566. The quantitative estimate of drug-likeness (QED) is 0.517. The summed E-state index contributed by atoms with van der Waals surface area (Å²) in [6.07, 6.45) is 3.71. The summed E-state index contributed by atoms with van der Waals surface area (Å²) in [4.78, 5) is 4.57. The highest BCUT2D eigenvalue weighted by molar-refractivity contribution is 5.86. The van der Waals surface area contributed by atoms with E-state index in [2.05, 4.69) is 35.3 Å². The van der Waals surface area contributed by atoms with Crippen molar-refractivity contribution in [2.24, 2.45) is 0 Å². The fraction of sp³-hybridized carbons (Fsp3) is 0.136. The molecular formula is C22H20N2O3. The number of benzene rings is 3. The molecule has 0 N–H and O–H groups in total. The van der Waals surface area contributed by atoms with Gasteiger partial charge >= 0.3 is 0 Å². The lowest BCUT2D eigenvalue weighted by molar-refractivity contribution is 0.324. The Hall–Kier alpha value is -3.47. The molecule has 5 heteroatoms. The molecular weight excluding hydrogens is 340 g/mol. The summed E-state index contributed by atoms with van der Waals surface area (Å²) in [5, 5.41) is 2.38. The standard InChI is InChI=1S/C22H20N2O3/c1-25-19-13-18(14-20(26-2)21(19)27-3)24-11-10-23-22(24)17-9-8-15-6-4-5-7-16(15)12-17/h4-14H,1-3H3. The van der Waals surface area contributed by atoms with E-state index >= 15 is 0 Å². The summed E-state index contributed by atoms with van der Waals surface area (Å²) in [5.41, 5.74) is 1.91. The van der Waals surface area contributed by atoms with Gasteiger partial charge in [0, 0.05) is 30.1 Å². The van der Waals surface area contributed by atoms with Crippen LogP contribution in [0.1, 0.15) is 0 Å². The molecule has 27 heavy (non-hydrogen) atoms. The molecule has 0 fully saturated rings. The molecule has 0 bridgehead atoms. The summed E-state index contributed by atoms with van der Waals surface area (Å²) >= 11 is 0. The van der Waals surface area contributed by atoms with Crippen molar-refractivity contribution in [3.63, 3.8) is 0 Å². The van der Waals surface area contributed by atoms with Crippen LogP contribution >= 0.6 is 0 Å². The van der Waals surface area contributed by atoms with Gasteiger partial charge in [-0.15, -0.1) is 0 Å². The maximum absolute atomic E-state index is 5.48. The number of hydrogen-bond donors (Lipinski definition) is 0. The second-order valence-electron chi connectivity index (χ2n) is 6.07. The number of ether oxygens (including phenoxy) is 3. The number of fused-ring (bicyclic) bond motifs is 1. The molecule has 0 amide bonds. The third kappa shape index (κ3) is 2.97. The monoisotopic (exact) mass is 360 g/mol. The fourth-order valence-corrected chi connectivity index (χ4v) is 3.26. The molecule has 4 rings (SSSR count). The second kappa shape index (κ2) is 7.03. The van der Waals surface area contributed by atoms with Gasteiger partial charge in [-0.1, -0.05) is 36.4 Å². The third-order valence-electron chi connectivity index (χ3n) is 4.58. The Morgan fingerprint density at radius 1 is 0.778 bits per heavy atom. The van der Waals surface area contributed by atoms with Crippen molar-refractivity contribution in [1.29, 1.82) is 0 Å². The molecule has 1 aromatic heterocycles. The molecule has 4 aromatic rings. The Kier molecular flexibility index (Phi) is 4.42. The van der Waals surface area contributed by atoms with Crippen LogP contribution in [0.3, 0.4) is 0 Å². The minimum atomic E-state index is 0.566. The van der Waals surface area contributed by atoms with Gasteiger partial charge in [-0.05, 0) is 16.8 Å². The Bertz CT molecular complexity index is 1080. The molecule has 0 saturated carbocycles. The van der Waals surface area contributed by atoms with Gasteiger partial charge in [-0.3, -0.25) is 4.57 Å². The SMILES string of the molecule is COc1cc(-n2ccnc2-c2ccc3ccccc3c2)cc(OC)c1OC. The zero-order valence-corrected chi connectivity index (χ0v) is 15.5. The van der Waals surface area contributed by atoms with Crippen LogP contribution in [0.4, 0.5) is 0 Å². The van der Waals surface area contributed by atoms with Gasteiger partial charge < -0.3 is 14.2 Å². The van der Waals surface area contributed by atoms with Crippen molar-refractivity contribution < 1.29 is 14.2 Å². The van der Waals surface area contributed by atoms with Gasteiger partial charge in [0.2, 0.25) is 5.75 Å². The summed E-state index contributed by atoms with van der Waals surface area (Å²) in [6, 6.07) is 18.4. The van der Waals surface area contributed by atoms with Crippen molar-refractivity contribution in [2.45, 2.75) is 0 Å². The molecule has 0 spiro atoms. The Morgan fingerprint density at radius 2 is 1.48 bits per heavy atom. The number of nitrogens with zero attached hydrogens (tertiary/aromatic N) is 2. The van der Waals surface area contributed by atoms with Crippen molar-refractivity contribution >= 4 is 10.8 Å². The number of rotatable bonds is 5. The average molecular weight is 360 g/mol. The number of hydrogen-bond acceptors (Lipinski definition) is 4. The Morgan fingerprint density at radius 3 is 2.15 bits per heavy atom. The van der Waals surface area contributed by atoms with Crippen molar-refractivity contribution in [3.05, 3.63) is 67.0 Å². The maximum atomic E-state index is 5.48. The zero-order chi connectivity index (χ0) is 18.8. The van der Waals surface area contributed by atoms with E-state index in [0.717, 1.165) is 17.1 Å². The molecule has 136 valence electrons. The van der Waals surface area contributed by atoms with Crippen molar-refractivity contribution in [2.75, 3.05) is 21.3 Å².